The summed E-state index contributed by atoms with van der Waals surface area (Å²) in [5, 5.41) is 2.18. The van der Waals surface area contributed by atoms with Crippen molar-refractivity contribution in [3.05, 3.63) is 38.2 Å². The van der Waals surface area contributed by atoms with Gasteiger partial charge in [-0.25, -0.2) is 14.8 Å². The molecule has 0 spiro atoms. The third-order valence-corrected chi connectivity index (χ3v) is 3.85. The van der Waals surface area contributed by atoms with E-state index in [9.17, 15) is 9.59 Å². The Labute approximate surface area is 128 Å². The second-order valence-electron chi connectivity index (χ2n) is 4.63. The molecular formula is C13H12N6O2S. The molecule has 0 amide bonds. The van der Waals surface area contributed by atoms with E-state index >= 15 is 0 Å². The molecule has 112 valence electrons. The van der Waals surface area contributed by atoms with Gasteiger partial charge in [-0.15, -0.1) is 11.3 Å². The summed E-state index contributed by atoms with van der Waals surface area (Å²) in [7, 11) is 3.14. The van der Waals surface area contributed by atoms with E-state index < -0.39 is 5.69 Å². The van der Waals surface area contributed by atoms with Crippen molar-refractivity contribution in [2.24, 2.45) is 14.1 Å². The maximum atomic E-state index is 12.2. The van der Waals surface area contributed by atoms with E-state index in [1.54, 1.807) is 17.0 Å². The summed E-state index contributed by atoms with van der Waals surface area (Å²) >= 11 is 1.30. The van der Waals surface area contributed by atoms with Crippen molar-refractivity contribution in [3.63, 3.8) is 0 Å². The van der Waals surface area contributed by atoms with Crippen molar-refractivity contribution < 1.29 is 0 Å². The molecule has 8 nitrogen and oxygen atoms in total. The van der Waals surface area contributed by atoms with Gasteiger partial charge in [0.25, 0.3) is 5.56 Å². The standard InChI is InChI=1S/C13H12N6O2S/c1-17-7-15-10-9(17)11(20)18(2)13(21)19(10)5-3-4-8-6-22-12(14)16-8/h6-7H,5H2,1-2H3,(H2,14,16). The molecule has 3 heterocycles. The Morgan fingerprint density at radius 3 is 2.82 bits per heavy atom. The van der Waals surface area contributed by atoms with Gasteiger partial charge in [0.1, 0.15) is 5.69 Å². The lowest BCUT2D eigenvalue weighted by atomic mass is 10.4. The Morgan fingerprint density at radius 2 is 2.14 bits per heavy atom. The fraction of sp³-hybridized carbons (Fsp3) is 0.231. The van der Waals surface area contributed by atoms with Crippen LogP contribution in [0.4, 0.5) is 5.13 Å². The van der Waals surface area contributed by atoms with Crippen LogP contribution in [0, 0.1) is 11.8 Å². The smallest absolute Gasteiger partial charge is 0.333 e. The minimum absolute atomic E-state index is 0.109. The summed E-state index contributed by atoms with van der Waals surface area (Å²) < 4.78 is 3.99. The molecule has 0 aromatic carbocycles. The molecule has 0 aliphatic rings. The van der Waals surface area contributed by atoms with Crippen molar-refractivity contribution in [1.29, 1.82) is 0 Å². The first-order chi connectivity index (χ1) is 10.5. The number of imidazole rings is 1. The predicted octanol–water partition coefficient (Wildman–Crippen LogP) is -0.476. The van der Waals surface area contributed by atoms with Crippen LogP contribution >= 0.6 is 11.3 Å². The van der Waals surface area contributed by atoms with Crippen molar-refractivity contribution in [2.75, 3.05) is 5.73 Å². The number of aromatic nitrogens is 5. The zero-order valence-electron chi connectivity index (χ0n) is 11.9. The normalized spacial score (nSPS) is 10.6. The molecule has 0 unspecified atom stereocenters. The summed E-state index contributed by atoms with van der Waals surface area (Å²) in [5.41, 5.74) is 5.94. The van der Waals surface area contributed by atoms with Gasteiger partial charge in [0, 0.05) is 19.5 Å². The second kappa shape index (κ2) is 5.16. The Bertz CT molecular complexity index is 1040. The highest BCUT2D eigenvalue weighted by molar-refractivity contribution is 7.13. The number of anilines is 1. The molecule has 0 radical (unpaired) electrons. The van der Waals surface area contributed by atoms with Gasteiger partial charge in [-0.1, -0.05) is 5.92 Å². The topological polar surface area (TPSA) is 101 Å². The number of hydrogen-bond acceptors (Lipinski definition) is 6. The van der Waals surface area contributed by atoms with Gasteiger partial charge in [-0.3, -0.25) is 13.9 Å². The van der Waals surface area contributed by atoms with Crippen LogP contribution in [0.15, 0.2) is 21.3 Å². The Kier molecular flexibility index (Phi) is 3.30. The van der Waals surface area contributed by atoms with Gasteiger partial charge in [0.2, 0.25) is 0 Å². The second-order valence-corrected chi connectivity index (χ2v) is 5.52. The van der Waals surface area contributed by atoms with Crippen LogP contribution in [0.2, 0.25) is 0 Å². The number of fused-ring (bicyclic) bond motifs is 1. The van der Waals surface area contributed by atoms with E-state index in [2.05, 4.69) is 21.8 Å². The van der Waals surface area contributed by atoms with Crippen molar-refractivity contribution in [2.45, 2.75) is 6.54 Å². The van der Waals surface area contributed by atoms with Gasteiger partial charge < -0.3 is 10.3 Å². The summed E-state index contributed by atoms with van der Waals surface area (Å²) in [4.78, 5) is 32.5. The number of thiazole rings is 1. The van der Waals surface area contributed by atoms with Gasteiger partial charge in [0.15, 0.2) is 16.3 Å². The molecule has 0 aliphatic heterocycles. The van der Waals surface area contributed by atoms with Crippen molar-refractivity contribution in [1.82, 2.24) is 23.7 Å². The first kappa shape index (κ1) is 14.1. The molecule has 0 saturated carbocycles. The molecule has 3 rings (SSSR count). The lowest BCUT2D eigenvalue weighted by Gasteiger charge is -2.05. The highest BCUT2D eigenvalue weighted by atomic mass is 32.1. The highest BCUT2D eigenvalue weighted by Gasteiger charge is 2.13. The van der Waals surface area contributed by atoms with Crippen LogP contribution < -0.4 is 17.0 Å². The first-order valence-electron chi connectivity index (χ1n) is 6.29. The molecule has 3 aromatic rings. The van der Waals surface area contributed by atoms with Crippen LogP contribution in [0.5, 0.6) is 0 Å². The van der Waals surface area contributed by atoms with Crippen molar-refractivity contribution in [3.8, 4) is 11.8 Å². The van der Waals surface area contributed by atoms with E-state index in [-0.39, 0.29) is 12.1 Å². The lowest BCUT2D eigenvalue weighted by Crippen LogP contribution is -2.38. The van der Waals surface area contributed by atoms with Gasteiger partial charge in [0.05, 0.1) is 12.9 Å². The maximum Gasteiger partial charge on any atom is 0.333 e. The molecule has 9 heteroatoms. The maximum absolute atomic E-state index is 12.2. The zero-order valence-corrected chi connectivity index (χ0v) is 12.7. The van der Waals surface area contributed by atoms with E-state index in [4.69, 9.17) is 5.73 Å². The van der Waals surface area contributed by atoms with Crippen LogP contribution in [0.25, 0.3) is 11.2 Å². The van der Waals surface area contributed by atoms with Crippen LogP contribution in [0.1, 0.15) is 5.69 Å². The number of aryl methyl sites for hydroxylation is 1. The average Bonchev–Trinajstić information content (AvgIpc) is 3.06. The highest BCUT2D eigenvalue weighted by Crippen LogP contribution is 2.09. The minimum atomic E-state index is -0.455. The first-order valence-corrected chi connectivity index (χ1v) is 7.17. The van der Waals surface area contributed by atoms with Gasteiger partial charge in [-0.2, -0.15) is 0 Å². The Hall–Kier alpha value is -2.86. The van der Waals surface area contributed by atoms with E-state index in [1.165, 1.54) is 29.3 Å². The fourth-order valence-corrected chi connectivity index (χ4v) is 2.57. The van der Waals surface area contributed by atoms with E-state index in [1.807, 2.05) is 0 Å². The summed E-state index contributed by atoms with van der Waals surface area (Å²) in [5.74, 6) is 5.69. The Morgan fingerprint density at radius 1 is 1.36 bits per heavy atom. The fourth-order valence-electron chi connectivity index (χ4n) is 2.08. The minimum Gasteiger partial charge on any atom is -0.375 e. The van der Waals surface area contributed by atoms with Gasteiger partial charge in [-0.05, 0) is 5.92 Å². The number of rotatable bonds is 1. The van der Waals surface area contributed by atoms with E-state index in [0.29, 0.717) is 22.0 Å². The molecule has 0 fully saturated rings. The van der Waals surface area contributed by atoms with Crippen LogP contribution in [-0.2, 0) is 20.6 Å². The SMILES string of the molecule is Cn1c(=O)c2c(ncn2C)n(CC#Cc2csc(N)n2)c1=O. The quantitative estimate of drug-likeness (QED) is 0.611. The third kappa shape index (κ3) is 2.19. The van der Waals surface area contributed by atoms with Gasteiger partial charge >= 0.3 is 5.69 Å². The van der Waals surface area contributed by atoms with Crippen molar-refractivity contribution >= 4 is 27.6 Å². The number of hydrogen-bond donors (Lipinski definition) is 1. The molecule has 3 aromatic heterocycles. The molecule has 2 N–H and O–H groups in total. The molecule has 0 bridgehead atoms. The van der Waals surface area contributed by atoms with Crippen LogP contribution in [0.3, 0.4) is 0 Å². The summed E-state index contributed by atoms with van der Waals surface area (Å²) in [6.07, 6.45) is 1.50. The van der Waals surface area contributed by atoms with Crippen LogP contribution in [-0.4, -0.2) is 23.7 Å². The predicted molar refractivity (Wildman–Crippen MR) is 83.6 cm³/mol. The molecule has 22 heavy (non-hydrogen) atoms. The number of nitrogens with zero attached hydrogens (tertiary/aromatic N) is 5. The largest absolute Gasteiger partial charge is 0.375 e. The molecule has 0 atom stereocenters. The average molecular weight is 316 g/mol. The molecule has 0 aliphatic carbocycles. The van der Waals surface area contributed by atoms with E-state index in [0.717, 1.165) is 4.57 Å². The Balaban J connectivity index is 2.10. The lowest BCUT2D eigenvalue weighted by molar-refractivity contribution is 0.682. The zero-order chi connectivity index (χ0) is 15.9. The summed E-state index contributed by atoms with van der Waals surface area (Å²) in [6.45, 7) is 0.109. The monoisotopic (exact) mass is 316 g/mol. The molecule has 0 saturated heterocycles. The number of nitrogens with two attached hydrogens (primary N) is 1. The number of nitrogen functional groups attached to an aromatic ring is 1. The third-order valence-electron chi connectivity index (χ3n) is 3.17. The molecular weight excluding hydrogens is 304 g/mol. The summed E-state index contributed by atoms with van der Waals surface area (Å²) in [6, 6.07) is 0.